The second-order valence-corrected chi connectivity index (χ2v) is 4.81. The molecule has 5 nitrogen and oxygen atoms in total. The predicted octanol–water partition coefficient (Wildman–Crippen LogP) is 2.26. The van der Waals surface area contributed by atoms with Gasteiger partial charge in [0.1, 0.15) is 5.82 Å². The number of anilines is 1. The number of nitrogens with zero attached hydrogens (tertiary/aromatic N) is 1. The molecule has 0 saturated heterocycles. The number of benzene rings is 1. The average molecular weight is 275 g/mol. The molecule has 1 heterocycles. The van der Waals surface area contributed by atoms with Gasteiger partial charge in [0.2, 0.25) is 0 Å². The molecule has 1 aromatic heterocycles. The standard InChI is InChI=1S/C15H21N3O2/c1-10(8-16)9-18-15-12-7-14(20-3)13(19-2)6-11(12)4-5-17-15/h4-7,10H,8-9,16H2,1-3H3,(H,17,18). The highest BCUT2D eigenvalue weighted by molar-refractivity contribution is 5.94. The SMILES string of the molecule is COc1cc2ccnc(NCC(C)CN)c2cc1OC. The Morgan fingerprint density at radius 3 is 2.60 bits per heavy atom. The Labute approximate surface area is 119 Å². The van der Waals surface area contributed by atoms with Crippen LogP contribution >= 0.6 is 0 Å². The summed E-state index contributed by atoms with van der Waals surface area (Å²) in [5.41, 5.74) is 5.64. The predicted molar refractivity (Wildman–Crippen MR) is 81.6 cm³/mol. The Hall–Kier alpha value is -2.01. The smallest absolute Gasteiger partial charge is 0.161 e. The first kappa shape index (κ1) is 14.4. The van der Waals surface area contributed by atoms with Crippen LogP contribution in [-0.4, -0.2) is 32.3 Å². The molecule has 108 valence electrons. The van der Waals surface area contributed by atoms with Crippen molar-refractivity contribution in [3.8, 4) is 11.5 Å². The first-order valence-electron chi connectivity index (χ1n) is 6.64. The van der Waals surface area contributed by atoms with E-state index >= 15 is 0 Å². The average Bonchev–Trinajstić information content (AvgIpc) is 2.50. The minimum atomic E-state index is 0.396. The lowest BCUT2D eigenvalue weighted by molar-refractivity contribution is 0.356. The number of pyridine rings is 1. The lowest BCUT2D eigenvalue weighted by atomic mass is 10.1. The highest BCUT2D eigenvalue weighted by atomic mass is 16.5. The summed E-state index contributed by atoms with van der Waals surface area (Å²) in [5, 5.41) is 5.40. The van der Waals surface area contributed by atoms with Crippen LogP contribution in [0.15, 0.2) is 24.4 Å². The number of fused-ring (bicyclic) bond motifs is 1. The summed E-state index contributed by atoms with van der Waals surface area (Å²) in [5.74, 6) is 2.64. The fourth-order valence-corrected chi connectivity index (χ4v) is 1.99. The van der Waals surface area contributed by atoms with Crippen LogP contribution in [0.5, 0.6) is 11.5 Å². The first-order valence-corrected chi connectivity index (χ1v) is 6.64. The molecule has 2 rings (SSSR count). The molecule has 0 amide bonds. The van der Waals surface area contributed by atoms with Gasteiger partial charge in [0, 0.05) is 18.1 Å². The maximum atomic E-state index is 5.64. The van der Waals surface area contributed by atoms with Gasteiger partial charge in [0.05, 0.1) is 14.2 Å². The molecule has 1 unspecified atom stereocenters. The van der Waals surface area contributed by atoms with Gasteiger partial charge in [-0.1, -0.05) is 6.92 Å². The Kier molecular flexibility index (Phi) is 4.63. The van der Waals surface area contributed by atoms with E-state index in [1.165, 1.54) is 0 Å². The van der Waals surface area contributed by atoms with Crippen LogP contribution in [0, 0.1) is 5.92 Å². The molecule has 0 aliphatic heterocycles. The normalized spacial score (nSPS) is 12.2. The molecule has 5 heteroatoms. The molecule has 0 aliphatic carbocycles. The largest absolute Gasteiger partial charge is 0.493 e. The number of aromatic nitrogens is 1. The molecular formula is C15H21N3O2. The topological polar surface area (TPSA) is 69.4 Å². The Balaban J connectivity index is 2.40. The van der Waals surface area contributed by atoms with E-state index < -0.39 is 0 Å². The number of nitrogens with one attached hydrogen (secondary N) is 1. The lowest BCUT2D eigenvalue weighted by Gasteiger charge is -2.14. The Morgan fingerprint density at radius 1 is 1.25 bits per heavy atom. The lowest BCUT2D eigenvalue weighted by Crippen LogP contribution is -2.20. The summed E-state index contributed by atoms with van der Waals surface area (Å²) in [7, 11) is 3.26. The molecular weight excluding hydrogens is 254 g/mol. The monoisotopic (exact) mass is 275 g/mol. The van der Waals surface area contributed by atoms with Gasteiger partial charge in [-0.15, -0.1) is 0 Å². The van der Waals surface area contributed by atoms with Gasteiger partial charge in [0.25, 0.3) is 0 Å². The highest BCUT2D eigenvalue weighted by Crippen LogP contribution is 2.34. The van der Waals surface area contributed by atoms with Crippen LogP contribution in [-0.2, 0) is 0 Å². The van der Waals surface area contributed by atoms with E-state index in [0.717, 1.165) is 23.1 Å². The molecule has 20 heavy (non-hydrogen) atoms. The van der Waals surface area contributed by atoms with Crippen LogP contribution in [0.4, 0.5) is 5.82 Å². The van der Waals surface area contributed by atoms with Crippen molar-refractivity contribution < 1.29 is 9.47 Å². The van der Waals surface area contributed by atoms with E-state index in [9.17, 15) is 0 Å². The molecule has 0 spiro atoms. The maximum absolute atomic E-state index is 5.64. The number of hydrogen-bond acceptors (Lipinski definition) is 5. The maximum Gasteiger partial charge on any atom is 0.161 e. The molecule has 1 atom stereocenters. The van der Waals surface area contributed by atoms with Crippen molar-refractivity contribution in [1.29, 1.82) is 0 Å². The highest BCUT2D eigenvalue weighted by Gasteiger charge is 2.10. The van der Waals surface area contributed by atoms with E-state index in [1.54, 1.807) is 20.4 Å². The van der Waals surface area contributed by atoms with E-state index in [1.807, 2.05) is 18.2 Å². The second-order valence-electron chi connectivity index (χ2n) is 4.81. The third-order valence-electron chi connectivity index (χ3n) is 3.29. The van der Waals surface area contributed by atoms with Crippen molar-refractivity contribution in [3.05, 3.63) is 24.4 Å². The summed E-state index contributed by atoms with van der Waals surface area (Å²) in [4.78, 5) is 4.40. The quantitative estimate of drug-likeness (QED) is 0.846. The van der Waals surface area contributed by atoms with Crippen molar-refractivity contribution in [2.45, 2.75) is 6.92 Å². The number of nitrogens with two attached hydrogens (primary N) is 1. The molecule has 0 fully saturated rings. The van der Waals surface area contributed by atoms with Crippen LogP contribution in [0.3, 0.4) is 0 Å². The van der Waals surface area contributed by atoms with E-state index in [-0.39, 0.29) is 0 Å². The number of rotatable bonds is 6. The minimum Gasteiger partial charge on any atom is -0.493 e. The molecule has 1 aromatic carbocycles. The van der Waals surface area contributed by atoms with Gasteiger partial charge < -0.3 is 20.5 Å². The Bertz CT molecular complexity index is 587. The molecule has 3 N–H and O–H groups in total. The van der Waals surface area contributed by atoms with E-state index in [2.05, 4.69) is 17.2 Å². The van der Waals surface area contributed by atoms with Gasteiger partial charge in [-0.25, -0.2) is 4.98 Å². The summed E-state index contributed by atoms with van der Waals surface area (Å²) in [6.07, 6.45) is 1.78. The first-order chi connectivity index (χ1) is 9.69. The van der Waals surface area contributed by atoms with Gasteiger partial charge in [-0.05, 0) is 36.0 Å². The summed E-state index contributed by atoms with van der Waals surface area (Å²) < 4.78 is 10.7. The third-order valence-corrected chi connectivity index (χ3v) is 3.29. The molecule has 0 bridgehead atoms. The molecule has 2 aromatic rings. The van der Waals surface area contributed by atoms with E-state index in [0.29, 0.717) is 24.0 Å². The summed E-state index contributed by atoms with van der Waals surface area (Å²) >= 11 is 0. The molecule has 0 radical (unpaired) electrons. The van der Waals surface area contributed by atoms with Crippen molar-refractivity contribution >= 4 is 16.6 Å². The van der Waals surface area contributed by atoms with Gasteiger partial charge in [-0.2, -0.15) is 0 Å². The van der Waals surface area contributed by atoms with Crippen LogP contribution in [0.25, 0.3) is 10.8 Å². The van der Waals surface area contributed by atoms with Crippen molar-refractivity contribution in [3.63, 3.8) is 0 Å². The second kappa shape index (κ2) is 6.43. The zero-order valence-electron chi connectivity index (χ0n) is 12.1. The zero-order valence-corrected chi connectivity index (χ0v) is 12.1. The number of ether oxygens (including phenoxy) is 2. The molecule has 0 aliphatic rings. The fourth-order valence-electron chi connectivity index (χ4n) is 1.99. The summed E-state index contributed by atoms with van der Waals surface area (Å²) in [6, 6.07) is 5.85. The van der Waals surface area contributed by atoms with Crippen molar-refractivity contribution in [2.24, 2.45) is 11.7 Å². The molecule has 0 saturated carbocycles. The van der Waals surface area contributed by atoms with Crippen molar-refractivity contribution in [2.75, 3.05) is 32.6 Å². The van der Waals surface area contributed by atoms with Crippen LogP contribution in [0.2, 0.25) is 0 Å². The minimum absolute atomic E-state index is 0.396. The van der Waals surface area contributed by atoms with Gasteiger partial charge in [-0.3, -0.25) is 0 Å². The zero-order chi connectivity index (χ0) is 14.5. The number of hydrogen-bond donors (Lipinski definition) is 2. The van der Waals surface area contributed by atoms with Crippen LogP contribution in [0.1, 0.15) is 6.92 Å². The third kappa shape index (κ3) is 2.93. The van der Waals surface area contributed by atoms with Gasteiger partial charge in [0.15, 0.2) is 11.5 Å². The number of methoxy groups -OCH3 is 2. The Morgan fingerprint density at radius 2 is 1.95 bits per heavy atom. The van der Waals surface area contributed by atoms with E-state index in [4.69, 9.17) is 15.2 Å². The van der Waals surface area contributed by atoms with Crippen LogP contribution < -0.4 is 20.5 Å². The fraction of sp³-hybridized carbons (Fsp3) is 0.400. The summed E-state index contributed by atoms with van der Waals surface area (Å²) in [6.45, 7) is 3.54. The van der Waals surface area contributed by atoms with Gasteiger partial charge >= 0.3 is 0 Å². The van der Waals surface area contributed by atoms with Crippen molar-refractivity contribution in [1.82, 2.24) is 4.98 Å².